The van der Waals surface area contributed by atoms with Gasteiger partial charge in [-0.15, -0.1) is 0 Å². The summed E-state index contributed by atoms with van der Waals surface area (Å²) in [7, 11) is 0. The topological polar surface area (TPSA) is 26.3 Å². The third-order valence-corrected chi connectivity index (χ3v) is 4.85. The Labute approximate surface area is 133 Å². The Bertz CT molecular complexity index is 658. The highest BCUT2D eigenvalue weighted by molar-refractivity contribution is 9.10. The van der Waals surface area contributed by atoms with Crippen molar-refractivity contribution < 1.29 is 9.53 Å². The molecule has 1 aliphatic carbocycles. The third kappa shape index (κ3) is 3.13. The summed E-state index contributed by atoms with van der Waals surface area (Å²) in [6.45, 7) is 2.29. The maximum atomic E-state index is 11.5. The van der Waals surface area contributed by atoms with E-state index >= 15 is 0 Å². The number of hydrogen-bond acceptors (Lipinski definition) is 2. The van der Waals surface area contributed by atoms with E-state index in [1.165, 1.54) is 12.8 Å². The van der Waals surface area contributed by atoms with Crippen LogP contribution in [0.5, 0.6) is 5.75 Å². The second-order valence-electron chi connectivity index (χ2n) is 5.96. The van der Waals surface area contributed by atoms with Crippen LogP contribution in [0.15, 0.2) is 34.8 Å². The van der Waals surface area contributed by atoms with Gasteiger partial charge < -0.3 is 4.74 Å². The minimum absolute atomic E-state index is 0.243. The van der Waals surface area contributed by atoms with E-state index < -0.39 is 0 Å². The fourth-order valence-corrected chi connectivity index (χ4v) is 3.43. The predicted octanol–water partition coefficient (Wildman–Crippen LogP) is 5.37. The molecule has 0 radical (unpaired) electrons. The van der Waals surface area contributed by atoms with Crippen molar-refractivity contribution in [3.05, 3.63) is 40.4 Å². The number of aldehydes is 1. The van der Waals surface area contributed by atoms with Crippen LogP contribution >= 0.6 is 15.9 Å². The molecule has 0 unspecified atom stereocenters. The predicted molar refractivity (Wildman–Crippen MR) is 89.1 cm³/mol. The Hall–Kier alpha value is -1.35. The highest BCUT2D eigenvalue weighted by Gasteiger charge is 2.21. The van der Waals surface area contributed by atoms with Crippen LogP contribution in [0.2, 0.25) is 0 Å². The fraction of sp³-hybridized carbons (Fsp3) is 0.389. The summed E-state index contributed by atoms with van der Waals surface area (Å²) in [5.41, 5.74) is 0.665. The summed E-state index contributed by atoms with van der Waals surface area (Å²) in [5, 5.41) is 2.01. The number of hydrogen-bond donors (Lipinski definition) is 0. The lowest BCUT2D eigenvalue weighted by molar-refractivity contribution is 0.110. The molecule has 1 aliphatic rings. The molecule has 0 heterocycles. The van der Waals surface area contributed by atoms with Crippen LogP contribution in [0.1, 0.15) is 43.0 Å². The lowest BCUT2D eigenvalue weighted by atomic mass is 9.89. The zero-order valence-corrected chi connectivity index (χ0v) is 13.7. The molecule has 0 bridgehead atoms. The highest BCUT2D eigenvalue weighted by atomic mass is 79.9. The Morgan fingerprint density at radius 3 is 2.62 bits per heavy atom. The minimum Gasteiger partial charge on any atom is -0.490 e. The van der Waals surface area contributed by atoms with Crippen molar-refractivity contribution in [3.8, 4) is 5.75 Å². The molecule has 21 heavy (non-hydrogen) atoms. The van der Waals surface area contributed by atoms with Gasteiger partial charge in [0.1, 0.15) is 5.75 Å². The van der Waals surface area contributed by atoms with Crippen molar-refractivity contribution in [2.75, 3.05) is 0 Å². The molecule has 3 rings (SSSR count). The zero-order valence-electron chi connectivity index (χ0n) is 12.1. The van der Waals surface area contributed by atoms with Gasteiger partial charge in [-0.3, -0.25) is 4.79 Å². The Kier molecular flexibility index (Phi) is 4.29. The first-order chi connectivity index (χ1) is 10.2. The van der Waals surface area contributed by atoms with Gasteiger partial charge in [-0.1, -0.05) is 35.0 Å². The summed E-state index contributed by atoms with van der Waals surface area (Å²) < 4.78 is 7.14. The van der Waals surface area contributed by atoms with Crippen LogP contribution in [0.25, 0.3) is 10.8 Å². The SMILES string of the molecule is CC1CCC(Oc2ccc3cc(Br)ccc3c2C=O)CC1. The molecule has 1 saturated carbocycles. The second-order valence-corrected chi connectivity index (χ2v) is 6.88. The van der Waals surface area contributed by atoms with Crippen LogP contribution in [-0.2, 0) is 0 Å². The van der Waals surface area contributed by atoms with Crippen LogP contribution in [0.3, 0.4) is 0 Å². The molecule has 0 saturated heterocycles. The van der Waals surface area contributed by atoms with Crippen molar-refractivity contribution in [2.45, 2.75) is 38.7 Å². The molecule has 2 nitrogen and oxygen atoms in total. The zero-order chi connectivity index (χ0) is 14.8. The average molecular weight is 347 g/mol. The van der Waals surface area contributed by atoms with E-state index in [4.69, 9.17) is 4.74 Å². The van der Waals surface area contributed by atoms with Gasteiger partial charge in [-0.25, -0.2) is 0 Å². The fourth-order valence-electron chi connectivity index (χ4n) is 3.06. The van der Waals surface area contributed by atoms with E-state index in [1.807, 2.05) is 30.3 Å². The number of rotatable bonds is 3. The molecule has 0 aromatic heterocycles. The van der Waals surface area contributed by atoms with Crippen molar-refractivity contribution >= 4 is 33.0 Å². The Balaban J connectivity index is 1.91. The summed E-state index contributed by atoms with van der Waals surface area (Å²) in [6.07, 6.45) is 5.74. The number of halogens is 1. The van der Waals surface area contributed by atoms with Gasteiger partial charge in [0.05, 0.1) is 11.7 Å². The number of fused-ring (bicyclic) bond motifs is 1. The van der Waals surface area contributed by atoms with E-state index in [9.17, 15) is 4.79 Å². The summed E-state index contributed by atoms with van der Waals surface area (Å²) >= 11 is 3.46. The third-order valence-electron chi connectivity index (χ3n) is 4.36. The second kappa shape index (κ2) is 6.18. The van der Waals surface area contributed by atoms with Crippen LogP contribution in [0, 0.1) is 5.92 Å². The van der Waals surface area contributed by atoms with Gasteiger partial charge in [-0.2, -0.15) is 0 Å². The van der Waals surface area contributed by atoms with Gasteiger partial charge in [0.2, 0.25) is 0 Å². The van der Waals surface area contributed by atoms with Crippen molar-refractivity contribution in [2.24, 2.45) is 5.92 Å². The first-order valence-electron chi connectivity index (χ1n) is 7.51. The largest absolute Gasteiger partial charge is 0.490 e. The molecular weight excluding hydrogens is 328 g/mol. The van der Waals surface area contributed by atoms with E-state index in [-0.39, 0.29) is 6.10 Å². The maximum absolute atomic E-state index is 11.5. The molecule has 0 N–H and O–H groups in total. The monoisotopic (exact) mass is 346 g/mol. The van der Waals surface area contributed by atoms with Crippen molar-refractivity contribution in [1.29, 1.82) is 0 Å². The maximum Gasteiger partial charge on any atom is 0.154 e. The van der Waals surface area contributed by atoms with Gasteiger partial charge in [0, 0.05) is 4.47 Å². The van der Waals surface area contributed by atoms with Gasteiger partial charge in [-0.05, 0) is 60.6 Å². The Morgan fingerprint density at radius 1 is 1.14 bits per heavy atom. The van der Waals surface area contributed by atoms with Crippen LogP contribution < -0.4 is 4.74 Å². The quantitative estimate of drug-likeness (QED) is 0.698. The molecule has 2 aromatic carbocycles. The molecule has 3 heteroatoms. The molecule has 110 valence electrons. The summed E-state index contributed by atoms with van der Waals surface area (Å²) in [5.74, 6) is 1.52. The van der Waals surface area contributed by atoms with Gasteiger partial charge in [0.25, 0.3) is 0 Å². The molecule has 0 amide bonds. The van der Waals surface area contributed by atoms with E-state index in [2.05, 4.69) is 22.9 Å². The molecule has 0 aliphatic heterocycles. The van der Waals surface area contributed by atoms with Gasteiger partial charge in [0.15, 0.2) is 6.29 Å². The number of carbonyl (C=O) groups excluding carboxylic acids is 1. The lowest BCUT2D eigenvalue weighted by Gasteiger charge is -2.27. The van der Waals surface area contributed by atoms with Crippen LogP contribution in [-0.4, -0.2) is 12.4 Å². The molecular formula is C18H19BrO2. The first-order valence-corrected chi connectivity index (χ1v) is 8.31. The number of ether oxygens (including phenoxy) is 1. The first kappa shape index (κ1) is 14.6. The molecule has 0 spiro atoms. The number of carbonyl (C=O) groups is 1. The summed E-state index contributed by atoms with van der Waals surface area (Å²) in [6, 6.07) is 9.90. The molecule has 1 fully saturated rings. The minimum atomic E-state index is 0.243. The van der Waals surface area contributed by atoms with E-state index in [1.54, 1.807) is 0 Å². The average Bonchev–Trinajstić information content (AvgIpc) is 2.49. The molecule has 0 atom stereocenters. The Morgan fingerprint density at radius 2 is 1.90 bits per heavy atom. The normalized spacial score (nSPS) is 22.2. The molecule has 2 aromatic rings. The smallest absolute Gasteiger partial charge is 0.154 e. The standard InChI is InChI=1S/C18H19BrO2/c1-12-2-6-15(7-3-12)21-18-9-4-13-10-14(19)5-8-16(13)17(18)11-20/h4-5,8-12,15H,2-3,6-7H2,1H3. The lowest BCUT2D eigenvalue weighted by Crippen LogP contribution is -2.23. The van der Waals surface area contributed by atoms with E-state index in [0.717, 1.165) is 46.0 Å². The van der Waals surface area contributed by atoms with Crippen molar-refractivity contribution in [3.63, 3.8) is 0 Å². The van der Waals surface area contributed by atoms with Crippen molar-refractivity contribution in [1.82, 2.24) is 0 Å². The highest BCUT2D eigenvalue weighted by Crippen LogP contribution is 2.32. The van der Waals surface area contributed by atoms with Gasteiger partial charge >= 0.3 is 0 Å². The van der Waals surface area contributed by atoms with E-state index in [0.29, 0.717) is 5.56 Å². The van der Waals surface area contributed by atoms with Crippen LogP contribution in [0.4, 0.5) is 0 Å². The number of benzene rings is 2. The summed E-state index contributed by atoms with van der Waals surface area (Å²) in [4.78, 5) is 11.5.